The Kier molecular flexibility index (Phi) is 10.2. The molecule has 3 aliphatic rings. The molecule has 0 aliphatic carbocycles. The maximum absolute atomic E-state index is 13.1. The molecule has 2 saturated heterocycles. The second kappa shape index (κ2) is 13.0. The smallest absolute Gasteiger partial charge is 0.334 e. The highest BCUT2D eigenvalue weighted by Gasteiger charge is 2.41. The van der Waals surface area contributed by atoms with Crippen molar-refractivity contribution in [3.63, 3.8) is 0 Å². The number of ether oxygens (including phenoxy) is 4. The number of rotatable bonds is 3. The summed E-state index contributed by atoms with van der Waals surface area (Å²) in [6.07, 6.45) is 12.0. The van der Waals surface area contributed by atoms with E-state index in [0.717, 1.165) is 5.57 Å². The number of hydrogen-bond acceptors (Lipinski definition) is 7. The number of aliphatic hydroxyl groups is 1. The van der Waals surface area contributed by atoms with Crippen LogP contribution in [0.5, 0.6) is 0 Å². The molecule has 0 saturated carbocycles. The summed E-state index contributed by atoms with van der Waals surface area (Å²) < 4.78 is 23.6. The molecule has 37 heavy (non-hydrogen) atoms. The molecule has 0 aromatic heterocycles. The number of cyclic esters (lactones) is 1. The van der Waals surface area contributed by atoms with Crippen molar-refractivity contribution >= 4 is 11.8 Å². The van der Waals surface area contributed by atoms with E-state index in [-0.39, 0.29) is 42.2 Å². The Morgan fingerprint density at radius 1 is 1.00 bits per heavy atom. The summed E-state index contributed by atoms with van der Waals surface area (Å²) in [4.78, 5) is 25.9. The molecule has 2 bridgehead atoms. The zero-order valence-corrected chi connectivity index (χ0v) is 23.0. The van der Waals surface area contributed by atoms with Crippen LogP contribution in [0.15, 0.2) is 59.3 Å². The van der Waals surface area contributed by atoms with Crippen LogP contribution in [0.3, 0.4) is 0 Å². The van der Waals surface area contributed by atoms with Crippen LogP contribution in [-0.4, -0.2) is 66.7 Å². The van der Waals surface area contributed by atoms with E-state index in [1.54, 1.807) is 46.1 Å². The molecule has 3 heterocycles. The van der Waals surface area contributed by atoms with Gasteiger partial charge in [0.2, 0.25) is 0 Å². The number of hydrogen-bond donors (Lipinski definition) is 1. The van der Waals surface area contributed by atoms with Crippen LogP contribution in [0, 0.1) is 11.8 Å². The van der Waals surface area contributed by atoms with Crippen LogP contribution in [-0.2, 0) is 28.5 Å². The minimum absolute atomic E-state index is 0.0107. The number of ketones is 1. The van der Waals surface area contributed by atoms with Crippen molar-refractivity contribution in [2.45, 2.75) is 97.1 Å². The lowest BCUT2D eigenvalue weighted by Gasteiger charge is -2.26. The fourth-order valence-corrected chi connectivity index (χ4v) is 4.73. The first kappa shape index (κ1) is 29.2. The standard InChI is InChI=1S/C30H42O7/c1-17-10-8-9-11-23(31)18(2)15-28-27(34-7)16-26(36-28)21(5)24(12-13-25-22(6)35-25)37-30(33)20(4)14-19(3)29(17)32/h8-10,12-15,19,21-28,31H,11,16H2,1-7H3/b9-8+,13-12+,17-10+,18-15-,20-14+/t19-,21-,22+,23+,24+,25+,26+,27-,28-/m0/s1. The lowest BCUT2D eigenvalue weighted by atomic mass is 9.93. The van der Waals surface area contributed by atoms with E-state index >= 15 is 0 Å². The second-order valence-electron chi connectivity index (χ2n) is 10.5. The van der Waals surface area contributed by atoms with Crippen molar-refractivity contribution in [2.75, 3.05) is 7.11 Å². The maximum atomic E-state index is 13.1. The van der Waals surface area contributed by atoms with Crippen LogP contribution in [0.25, 0.3) is 0 Å². The Balaban J connectivity index is 1.94. The van der Waals surface area contributed by atoms with Crippen LogP contribution < -0.4 is 0 Å². The maximum Gasteiger partial charge on any atom is 0.334 e. The normalized spacial score (nSPS) is 43.4. The van der Waals surface area contributed by atoms with Gasteiger partial charge in [-0.15, -0.1) is 0 Å². The summed E-state index contributed by atoms with van der Waals surface area (Å²) in [5, 5.41) is 10.7. The number of carbonyl (C=O) groups excluding carboxylic acids is 2. The van der Waals surface area contributed by atoms with Crippen LogP contribution in [0.1, 0.15) is 54.4 Å². The third-order valence-electron chi connectivity index (χ3n) is 7.48. The van der Waals surface area contributed by atoms with E-state index in [2.05, 4.69) is 0 Å². The predicted octanol–water partition coefficient (Wildman–Crippen LogP) is 4.42. The molecule has 7 heteroatoms. The quantitative estimate of drug-likeness (QED) is 0.339. The molecule has 7 nitrogen and oxygen atoms in total. The highest BCUT2D eigenvalue weighted by molar-refractivity contribution is 5.99. The summed E-state index contributed by atoms with van der Waals surface area (Å²) in [6, 6.07) is 0. The molecule has 0 spiro atoms. The predicted molar refractivity (Wildman–Crippen MR) is 142 cm³/mol. The fraction of sp³-hybridized carbons (Fsp3) is 0.600. The van der Waals surface area contributed by atoms with Crippen LogP contribution in [0.4, 0.5) is 0 Å². The average molecular weight is 515 g/mol. The number of epoxide rings is 1. The number of carbonyl (C=O) groups is 2. The molecule has 3 rings (SSSR count). The van der Waals surface area contributed by atoms with Gasteiger partial charge < -0.3 is 24.1 Å². The van der Waals surface area contributed by atoms with E-state index < -0.39 is 24.1 Å². The van der Waals surface area contributed by atoms with Gasteiger partial charge in [-0.1, -0.05) is 50.3 Å². The van der Waals surface area contributed by atoms with Gasteiger partial charge in [0.05, 0.1) is 24.4 Å². The van der Waals surface area contributed by atoms with Gasteiger partial charge in [0.25, 0.3) is 0 Å². The van der Waals surface area contributed by atoms with Gasteiger partial charge in [0.1, 0.15) is 18.3 Å². The van der Waals surface area contributed by atoms with Crippen LogP contribution >= 0.6 is 0 Å². The summed E-state index contributed by atoms with van der Waals surface area (Å²) in [5.74, 6) is -1.20. The van der Waals surface area contributed by atoms with Gasteiger partial charge >= 0.3 is 5.97 Å². The van der Waals surface area contributed by atoms with Crippen molar-refractivity contribution in [2.24, 2.45) is 11.8 Å². The van der Waals surface area contributed by atoms with E-state index in [9.17, 15) is 14.7 Å². The van der Waals surface area contributed by atoms with Gasteiger partial charge in [-0.3, -0.25) is 4.79 Å². The van der Waals surface area contributed by atoms with E-state index in [0.29, 0.717) is 24.0 Å². The molecule has 3 aliphatic heterocycles. The molecular formula is C30H42O7. The number of esters is 1. The first-order valence-electron chi connectivity index (χ1n) is 13.2. The van der Waals surface area contributed by atoms with Crippen molar-refractivity contribution in [3.05, 3.63) is 59.3 Å². The largest absolute Gasteiger partial charge is 0.454 e. The third kappa shape index (κ3) is 7.84. The third-order valence-corrected chi connectivity index (χ3v) is 7.48. The topological polar surface area (TPSA) is 94.6 Å². The van der Waals surface area contributed by atoms with Crippen LogP contribution in [0.2, 0.25) is 0 Å². The minimum atomic E-state index is -0.679. The average Bonchev–Trinajstić information content (AvgIpc) is 3.42. The molecule has 204 valence electrons. The molecule has 0 aromatic rings. The Labute approximate surface area is 220 Å². The van der Waals surface area contributed by atoms with Gasteiger partial charge in [-0.05, 0) is 51.3 Å². The van der Waals surface area contributed by atoms with E-state index in [4.69, 9.17) is 18.9 Å². The number of aliphatic hydroxyl groups excluding tert-OH is 1. The summed E-state index contributed by atoms with van der Waals surface area (Å²) in [7, 11) is 1.66. The zero-order valence-electron chi connectivity index (χ0n) is 23.0. The number of fused-ring (bicyclic) bond motifs is 2. The summed E-state index contributed by atoms with van der Waals surface area (Å²) >= 11 is 0. The van der Waals surface area contributed by atoms with Crippen molar-refractivity contribution in [1.82, 2.24) is 0 Å². The monoisotopic (exact) mass is 514 g/mol. The highest BCUT2D eigenvalue weighted by Crippen LogP contribution is 2.33. The number of Topliss-reactive ketones (excluding diaryl/α,β-unsaturated/α-hetero) is 1. The highest BCUT2D eigenvalue weighted by atomic mass is 16.6. The van der Waals surface area contributed by atoms with Crippen molar-refractivity contribution in [1.29, 1.82) is 0 Å². The first-order valence-corrected chi connectivity index (χ1v) is 13.2. The van der Waals surface area contributed by atoms with Gasteiger partial charge in [-0.25, -0.2) is 4.79 Å². The molecule has 1 N–H and O–H groups in total. The number of allylic oxidation sites excluding steroid dienone is 4. The zero-order chi connectivity index (χ0) is 27.3. The van der Waals surface area contributed by atoms with E-state index in [1.165, 1.54) is 0 Å². The van der Waals surface area contributed by atoms with Crippen molar-refractivity contribution < 1.29 is 33.6 Å². The fourth-order valence-electron chi connectivity index (χ4n) is 4.73. The van der Waals surface area contributed by atoms with Crippen molar-refractivity contribution in [3.8, 4) is 0 Å². The lowest BCUT2D eigenvalue weighted by molar-refractivity contribution is -0.146. The van der Waals surface area contributed by atoms with Gasteiger partial charge in [0.15, 0.2) is 5.78 Å². The molecular weight excluding hydrogens is 472 g/mol. The SMILES string of the molecule is CO[C@H]1C[C@H]2O[C@H]1/C=C(/C)[C@H](O)C/C=C/C=C(\C)C(=O)[C@@H](C)/C=C(\C)C(=O)O[C@H](/C=C/[C@H]1O[C@@H]1C)[C@@H]2C. The molecule has 2 fully saturated rings. The van der Waals surface area contributed by atoms with E-state index in [1.807, 2.05) is 45.1 Å². The second-order valence-corrected chi connectivity index (χ2v) is 10.5. The first-order chi connectivity index (χ1) is 17.5. The minimum Gasteiger partial charge on any atom is -0.454 e. The molecule has 0 aromatic carbocycles. The Hall–Kier alpha value is -2.32. The molecule has 0 radical (unpaired) electrons. The Morgan fingerprint density at radius 3 is 2.32 bits per heavy atom. The summed E-state index contributed by atoms with van der Waals surface area (Å²) in [5.41, 5.74) is 1.74. The molecule has 0 amide bonds. The summed E-state index contributed by atoms with van der Waals surface area (Å²) in [6.45, 7) is 11.0. The Bertz CT molecular complexity index is 988. The molecule has 9 atom stereocenters. The Morgan fingerprint density at radius 2 is 1.68 bits per heavy atom. The molecule has 0 unspecified atom stereocenters. The van der Waals surface area contributed by atoms with Gasteiger partial charge in [-0.2, -0.15) is 0 Å². The lowest BCUT2D eigenvalue weighted by Crippen LogP contribution is -2.33. The number of methoxy groups -OCH3 is 1. The van der Waals surface area contributed by atoms with Gasteiger partial charge in [0, 0.05) is 30.9 Å².